The average molecular weight is 427 g/mol. The zero-order valence-electron chi connectivity index (χ0n) is 16.2. The van der Waals surface area contributed by atoms with Crippen molar-refractivity contribution in [3.63, 3.8) is 0 Å². The lowest BCUT2D eigenvalue weighted by atomic mass is 9.89. The first-order chi connectivity index (χ1) is 14.4. The summed E-state index contributed by atoms with van der Waals surface area (Å²) in [6, 6.07) is 15.3. The number of ether oxygens (including phenoxy) is 2. The Bertz CT molecular complexity index is 1120. The summed E-state index contributed by atoms with van der Waals surface area (Å²) >= 11 is 5.81. The number of nitrogens with one attached hydrogen (secondary N) is 1. The van der Waals surface area contributed by atoms with E-state index in [0.29, 0.717) is 17.2 Å². The first-order valence-corrected chi connectivity index (χ1v) is 9.53. The zero-order chi connectivity index (χ0) is 21.3. The van der Waals surface area contributed by atoms with Crippen molar-refractivity contribution in [2.75, 3.05) is 18.2 Å². The minimum atomic E-state index is -1.11. The predicted octanol–water partition coefficient (Wildman–Crippen LogP) is 4.26. The van der Waals surface area contributed by atoms with Crippen LogP contribution in [0.25, 0.3) is 0 Å². The van der Waals surface area contributed by atoms with Crippen LogP contribution in [-0.2, 0) is 12.3 Å². The molecule has 0 radical (unpaired) electrons. The Kier molecular flexibility index (Phi) is 5.24. The maximum absolute atomic E-state index is 13.3. The van der Waals surface area contributed by atoms with Crippen LogP contribution >= 0.6 is 11.6 Å². The molecular formula is C22H20ClFN4O2. The van der Waals surface area contributed by atoms with Crippen LogP contribution in [0.3, 0.4) is 0 Å². The standard InChI is InChI=1S/C22H20ClFN4O2/c1-29-21-10-20-16(9-19(21)25)22(26,28-12-27-20)14-3-5-15(6-4-14)30-11-13-2-7-18(24)17(23)8-13/h2-10,12H,11,25-26H2,1H3,(H,27,28). The van der Waals surface area contributed by atoms with Crippen molar-refractivity contribution in [1.29, 1.82) is 0 Å². The van der Waals surface area contributed by atoms with Crippen LogP contribution in [-0.4, -0.2) is 13.4 Å². The minimum absolute atomic E-state index is 0.0647. The first kappa shape index (κ1) is 20.0. The number of hydrogen-bond donors (Lipinski definition) is 3. The Labute approximate surface area is 178 Å². The molecule has 1 aliphatic rings. The molecule has 30 heavy (non-hydrogen) atoms. The Hall–Kier alpha value is -3.29. The molecule has 1 unspecified atom stereocenters. The van der Waals surface area contributed by atoms with E-state index in [1.807, 2.05) is 12.1 Å². The highest BCUT2D eigenvalue weighted by molar-refractivity contribution is 6.30. The number of aliphatic imine (C=N–C) groups is 1. The number of benzene rings is 3. The van der Waals surface area contributed by atoms with Gasteiger partial charge in [-0.3, -0.25) is 5.73 Å². The highest BCUT2D eigenvalue weighted by Crippen LogP contribution is 2.40. The third kappa shape index (κ3) is 3.65. The molecule has 0 aromatic heterocycles. The van der Waals surface area contributed by atoms with Gasteiger partial charge in [0.2, 0.25) is 0 Å². The molecule has 1 heterocycles. The van der Waals surface area contributed by atoms with Gasteiger partial charge in [-0.2, -0.15) is 0 Å². The van der Waals surface area contributed by atoms with Crippen molar-refractivity contribution >= 4 is 29.3 Å². The number of hydrogen-bond acceptors (Lipinski definition) is 6. The van der Waals surface area contributed by atoms with Gasteiger partial charge in [-0.05, 0) is 41.5 Å². The van der Waals surface area contributed by atoms with Crippen molar-refractivity contribution in [3.05, 3.63) is 82.1 Å². The lowest BCUT2D eigenvalue weighted by Crippen LogP contribution is -2.39. The maximum atomic E-state index is 13.3. The monoisotopic (exact) mass is 426 g/mol. The van der Waals surface area contributed by atoms with Crippen molar-refractivity contribution in [2.24, 2.45) is 10.7 Å². The van der Waals surface area contributed by atoms with Gasteiger partial charge in [0.1, 0.15) is 23.9 Å². The second-order valence-electron chi connectivity index (χ2n) is 6.87. The van der Waals surface area contributed by atoms with Gasteiger partial charge in [0.25, 0.3) is 0 Å². The fraction of sp³-hybridized carbons (Fsp3) is 0.136. The summed E-state index contributed by atoms with van der Waals surface area (Å²) < 4.78 is 24.3. The average Bonchev–Trinajstić information content (AvgIpc) is 2.75. The van der Waals surface area contributed by atoms with Gasteiger partial charge in [-0.25, -0.2) is 9.38 Å². The van der Waals surface area contributed by atoms with Crippen LogP contribution in [0.2, 0.25) is 5.02 Å². The highest BCUT2D eigenvalue weighted by Gasteiger charge is 2.34. The molecule has 3 aromatic carbocycles. The van der Waals surface area contributed by atoms with Gasteiger partial charge >= 0.3 is 0 Å². The van der Waals surface area contributed by atoms with E-state index in [-0.39, 0.29) is 11.6 Å². The van der Waals surface area contributed by atoms with Gasteiger partial charge in [0.15, 0.2) is 5.66 Å². The zero-order valence-corrected chi connectivity index (χ0v) is 16.9. The van der Waals surface area contributed by atoms with E-state index in [0.717, 1.165) is 22.4 Å². The van der Waals surface area contributed by atoms with Crippen molar-refractivity contribution in [1.82, 2.24) is 0 Å². The predicted molar refractivity (Wildman–Crippen MR) is 117 cm³/mol. The van der Waals surface area contributed by atoms with Crippen LogP contribution in [0.5, 0.6) is 11.5 Å². The highest BCUT2D eigenvalue weighted by atomic mass is 35.5. The number of nitrogens with two attached hydrogens (primary N) is 2. The van der Waals surface area contributed by atoms with Gasteiger partial charge in [-0.1, -0.05) is 29.8 Å². The summed E-state index contributed by atoms with van der Waals surface area (Å²) in [5, 5.41) is 3.14. The minimum Gasteiger partial charge on any atom is -0.495 e. The summed E-state index contributed by atoms with van der Waals surface area (Å²) in [7, 11) is 1.56. The Morgan fingerprint density at radius 2 is 1.90 bits per heavy atom. The number of anilines is 2. The largest absolute Gasteiger partial charge is 0.495 e. The van der Waals surface area contributed by atoms with Crippen LogP contribution in [0, 0.1) is 5.82 Å². The number of nitrogens with zero attached hydrogens (tertiary/aromatic N) is 1. The van der Waals surface area contributed by atoms with E-state index in [4.69, 9.17) is 32.5 Å². The summed E-state index contributed by atoms with van der Waals surface area (Å²) in [5.41, 5.74) is 15.2. The topological polar surface area (TPSA) is 94.9 Å². The normalized spacial score (nSPS) is 17.2. The summed E-state index contributed by atoms with van der Waals surface area (Å²) in [6.07, 6.45) is 1.56. The second kappa shape index (κ2) is 7.85. The Balaban J connectivity index is 1.56. The Morgan fingerprint density at radius 3 is 2.60 bits per heavy atom. The van der Waals surface area contributed by atoms with Crippen molar-refractivity contribution in [2.45, 2.75) is 12.3 Å². The molecule has 0 fully saturated rings. The first-order valence-electron chi connectivity index (χ1n) is 9.15. The molecule has 5 N–H and O–H groups in total. The van der Waals surface area contributed by atoms with Crippen molar-refractivity contribution in [3.8, 4) is 11.5 Å². The number of rotatable bonds is 5. The van der Waals surface area contributed by atoms with E-state index in [2.05, 4.69) is 10.3 Å². The van der Waals surface area contributed by atoms with Gasteiger partial charge in [-0.15, -0.1) is 0 Å². The van der Waals surface area contributed by atoms with E-state index >= 15 is 0 Å². The molecule has 8 heteroatoms. The van der Waals surface area contributed by atoms with E-state index in [1.165, 1.54) is 6.07 Å². The number of methoxy groups -OCH3 is 1. The Morgan fingerprint density at radius 1 is 1.13 bits per heavy atom. The second-order valence-corrected chi connectivity index (χ2v) is 7.28. The number of nitrogen functional groups attached to an aromatic ring is 1. The molecule has 0 spiro atoms. The molecule has 154 valence electrons. The molecule has 0 saturated heterocycles. The molecule has 0 aliphatic carbocycles. The molecule has 3 aromatic rings. The molecule has 0 saturated carbocycles. The smallest absolute Gasteiger partial charge is 0.163 e. The van der Waals surface area contributed by atoms with Gasteiger partial charge < -0.3 is 20.5 Å². The van der Waals surface area contributed by atoms with Crippen LogP contribution in [0.4, 0.5) is 15.8 Å². The van der Waals surface area contributed by atoms with Crippen molar-refractivity contribution < 1.29 is 13.9 Å². The van der Waals surface area contributed by atoms with E-state index < -0.39 is 11.5 Å². The molecule has 0 amide bonds. The molecule has 0 bridgehead atoms. The molecule has 4 rings (SSSR count). The van der Waals surface area contributed by atoms with Crippen LogP contribution in [0.1, 0.15) is 16.7 Å². The number of halogens is 2. The van der Waals surface area contributed by atoms with Gasteiger partial charge in [0, 0.05) is 11.6 Å². The maximum Gasteiger partial charge on any atom is 0.163 e. The fourth-order valence-corrected chi connectivity index (χ4v) is 3.52. The summed E-state index contributed by atoms with van der Waals surface area (Å²) in [4.78, 5) is 4.47. The quantitative estimate of drug-likeness (QED) is 0.530. The lowest BCUT2D eigenvalue weighted by Gasteiger charge is -2.32. The van der Waals surface area contributed by atoms with Crippen LogP contribution < -0.4 is 26.3 Å². The fourth-order valence-electron chi connectivity index (χ4n) is 3.31. The van der Waals surface area contributed by atoms with E-state index in [9.17, 15) is 4.39 Å². The SMILES string of the molecule is COc1cc2c(cc1N)C(N)(c1ccc(OCc3ccc(F)c(Cl)c3)cc1)N=CN2. The van der Waals surface area contributed by atoms with E-state index in [1.54, 1.807) is 49.8 Å². The molecule has 6 nitrogen and oxygen atoms in total. The third-order valence-electron chi connectivity index (χ3n) is 4.95. The summed E-state index contributed by atoms with van der Waals surface area (Å²) in [5.74, 6) is 0.734. The van der Waals surface area contributed by atoms with Gasteiger partial charge in [0.05, 0.1) is 29.8 Å². The number of fused-ring (bicyclic) bond motifs is 1. The third-order valence-corrected chi connectivity index (χ3v) is 5.24. The lowest BCUT2D eigenvalue weighted by molar-refractivity contribution is 0.306. The molecular weight excluding hydrogens is 407 g/mol. The van der Waals surface area contributed by atoms with Crippen LogP contribution in [0.15, 0.2) is 59.6 Å². The summed E-state index contributed by atoms with van der Waals surface area (Å²) in [6.45, 7) is 0.258. The molecule has 1 aliphatic heterocycles. The molecule has 1 atom stereocenters.